The Kier molecular flexibility index (Phi) is 8.65. The number of aryl methyl sites for hydroxylation is 1. The lowest BCUT2D eigenvalue weighted by Gasteiger charge is -2.31. The molecule has 0 heterocycles. The molecule has 3 aromatic carbocycles. The third-order valence-corrected chi connectivity index (χ3v) is 7.62. The number of amides is 2. The number of anilines is 1. The van der Waals surface area contributed by atoms with Crippen molar-refractivity contribution in [2.24, 2.45) is 0 Å². The highest BCUT2D eigenvalue weighted by atomic mass is 32.2. The third-order valence-electron chi connectivity index (χ3n) is 5.83. The molecule has 0 aliphatic heterocycles. The van der Waals surface area contributed by atoms with E-state index < -0.39 is 28.5 Å². The summed E-state index contributed by atoms with van der Waals surface area (Å²) in [5, 5.41) is 2.58. The Morgan fingerprint density at radius 3 is 2.03 bits per heavy atom. The number of sulfonamides is 1. The Morgan fingerprint density at radius 1 is 0.886 bits per heavy atom. The summed E-state index contributed by atoms with van der Waals surface area (Å²) in [5.41, 5.74) is 2.32. The second-order valence-electron chi connectivity index (χ2n) is 8.27. The monoisotopic (exact) mass is 493 g/mol. The lowest BCUT2D eigenvalue weighted by atomic mass is 10.1. The van der Waals surface area contributed by atoms with Crippen molar-refractivity contribution < 1.29 is 18.0 Å². The molecule has 7 nitrogen and oxygen atoms in total. The van der Waals surface area contributed by atoms with Gasteiger partial charge in [-0.05, 0) is 50.1 Å². The van der Waals surface area contributed by atoms with Crippen LogP contribution in [0.4, 0.5) is 5.69 Å². The van der Waals surface area contributed by atoms with Gasteiger partial charge in [-0.3, -0.25) is 13.9 Å². The van der Waals surface area contributed by atoms with Gasteiger partial charge in [-0.1, -0.05) is 66.2 Å². The van der Waals surface area contributed by atoms with E-state index in [0.29, 0.717) is 12.1 Å². The summed E-state index contributed by atoms with van der Waals surface area (Å²) >= 11 is 0. The second kappa shape index (κ2) is 11.7. The molecule has 2 amide bonds. The Bertz CT molecular complexity index is 1230. The number of carbonyl (C=O) groups is 2. The molecule has 0 aliphatic rings. The first-order valence-corrected chi connectivity index (χ1v) is 12.9. The Hall–Kier alpha value is -3.65. The minimum absolute atomic E-state index is 0.0925. The molecule has 0 fully saturated rings. The number of carbonyl (C=O) groups excluding carboxylic acids is 2. The van der Waals surface area contributed by atoms with Crippen LogP contribution >= 0.6 is 0 Å². The van der Waals surface area contributed by atoms with Gasteiger partial charge >= 0.3 is 0 Å². The van der Waals surface area contributed by atoms with E-state index in [0.717, 1.165) is 15.4 Å². The van der Waals surface area contributed by atoms with Crippen molar-refractivity contribution in [1.82, 2.24) is 10.2 Å². The lowest BCUT2D eigenvalue weighted by Crippen LogP contribution is -2.51. The van der Waals surface area contributed by atoms with E-state index in [-0.39, 0.29) is 17.3 Å². The molecule has 8 heteroatoms. The Morgan fingerprint density at radius 2 is 1.46 bits per heavy atom. The topological polar surface area (TPSA) is 86.8 Å². The quantitative estimate of drug-likeness (QED) is 0.469. The van der Waals surface area contributed by atoms with Gasteiger partial charge in [0.05, 0.1) is 10.6 Å². The molecular formula is C27H31N3O4S. The van der Waals surface area contributed by atoms with Gasteiger partial charge in [0.2, 0.25) is 11.8 Å². The molecule has 1 unspecified atom stereocenters. The van der Waals surface area contributed by atoms with Crippen molar-refractivity contribution in [3.05, 3.63) is 96.1 Å². The molecule has 0 radical (unpaired) electrons. The first kappa shape index (κ1) is 26.0. The summed E-state index contributed by atoms with van der Waals surface area (Å²) in [5.74, 6) is -0.782. The molecule has 0 spiro atoms. The van der Waals surface area contributed by atoms with E-state index in [1.54, 1.807) is 49.4 Å². The van der Waals surface area contributed by atoms with Crippen LogP contribution in [0.3, 0.4) is 0 Å². The number of rotatable bonds is 10. The molecule has 3 aromatic rings. The number of hydrogen-bond acceptors (Lipinski definition) is 4. The van der Waals surface area contributed by atoms with E-state index >= 15 is 0 Å². The molecule has 0 aliphatic carbocycles. The normalized spacial score (nSPS) is 12.0. The van der Waals surface area contributed by atoms with E-state index in [4.69, 9.17) is 0 Å². The van der Waals surface area contributed by atoms with Crippen molar-refractivity contribution >= 4 is 27.5 Å². The summed E-state index contributed by atoms with van der Waals surface area (Å²) in [4.78, 5) is 27.5. The largest absolute Gasteiger partial charge is 0.357 e. The third kappa shape index (κ3) is 6.48. The fraction of sp³-hybridized carbons (Fsp3) is 0.259. The Balaban J connectivity index is 1.94. The number of para-hydroxylation sites is 1. The van der Waals surface area contributed by atoms with Crippen molar-refractivity contribution in [3.8, 4) is 0 Å². The second-order valence-corrected chi connectivity index (χ2v) is 10.1. The highest BCUT2D eigenvalue weighted by Gasteiger charge is 2.31. The molecule has 0 aromatic heterocycles. The molecule has 1 N–H and O–H groups in total. The number of nitrogens with zero attached hydrogens (tertiary/aromatic N) is 2. The van der Waals surface area contributed by atoms with Crippen molar-refractivity contribution in [2.75, 3.05) is 24.4 Å². The highest BCUT2D eigenvalue weighted by Crippen LogP contribution is 2.24. The summed E-state index contributed by atoms with van der Waals surface area (Å²) in [6.07, 6.45) is 0.532. The van der Waals surface area contributed by atoms with Gasteiger partial charge in [-0.2, -0.15) is 0 Å². The van der Waals surface area contributed by atoms with Gasteiger partial charge in [0.1, 0.15) is 12.6 Å². The predicted octanol–water partition coefficient (Wildman–Crippen LogP) is 3.40. The van der Waals surface area contributed by atoms with E-state index in [1.165, 1.54) is 24.1 Å². The predicted molar refractivity (Wildman–Crippen MR) is 138 cm³/mol. The van der Waals surface area contributed by atoms with Crippen LogP contribution in [0.25, 0.3) is 0 Å². The molecule has 0 saturated carbocycles. The van der Waals surface area contributed by atoms with Gasteiger partial charge in [0, 0.05) is 13.6 Å². The smallest absolute Gasteiger partial charge is 0.264 e. The van der Waals surface area contributed by atoms with Gasteiger partial charge in [0.15, 0.2) is 0 Å². The van der Waals surface area contributed by atoms with Crippen molar-refractivity contribution in [3.63, 3.8) is 0 Å². The van der Waals surface area contributed by atoms with E-state index in [9.17, 15) is 18.0 Å². The molecule has 0 bridgehead atoms. The van der Waals surface area contributed by atoms with Gasteiger partial charge in [0.25, 0.3) is 10.0 Å². The molecule has 3 rings (SSSR count). The fourth-order valence-electron chi connectivity index (χ4n) is 3.74. The molecule has 184 valence electrons. The lowest BCUT2D eigenvalue weighted by molar-refractivity contribution is -0.138. The first-order chi connectivity index (χ1) is 16.7. The van der Waals surface area contributed by atoms with Gasteiger partial charge < -0.3 is 10.2 Å². The number of benzene rings is 3. The maximum atomic E-state index is 13.6. The summed E-state index contributed by atoms with van der Waals surface area (Å²) < 4.78 is 28.3. The Labute approximate surface area is 207 Å². The zero-order valence-corrected chi connectivity index (χ0v) is 21.0. The van der Waals surface area contributed by atoms with Crippen LogP contribution in [-0.2, 0) is 26.0 Å². The summed E-state index contributed by atoms with van der Waals surface area (Å²) in [6.45, 7) is 3.35. The van der Waals surface area contributed by atoms with Crippen LogP contribution in [0.1, 0.15) is 18.1 Å². The highest BCUT2D eigenvalue weighted by molar-refractivity contribution is 7.92. The summed E-state index contributed by atoms with van der Waals surface area (Å²) in [7, 11) is -2.52. The minimum atomic E-state index is -4.03. The standard InChI is InChI=1S/C27H31N3O4S/c1-21-14-16-25(17-15-21)35(33,34)30(24-12-8-5-9-13-24)20-26(31)29(22(2)27(32)28-3)19-18-23-10-6-4-7-11-23/h4-17,22H,18-20H2,1-3H3,(H,28,32). The number of hydrogen-bond donors (Lipinski definition) is 1. The van der Waals surface area contributed by atoms with Crippen molar-refractivity contribution in [1.29, 1.82) is 0 Å². The van der Waals surface area contributed by atoms with Crippen LogP contribution in [0.15, 0.2) is 89.8 Å². The number of likely N-dealkylation sites (N-methyl/N-ethyl adjacent to an activating group) is 1. The zero-order chi connectivity index (χ0) is 25.4. The maximum Gasteiger partial charge on any atom is 0.264 e. The van der Waals surface area contributed by atoms with Crippen LogP contribution in [-0.4, -0.2) is 51.3 Å². The van der Waals surface area contributed by atoms with Crippen LogP contribution in [0.2, 0.25) is 0 Å². The average molecular weight is 494 g/mol. The molecule has 1 atom stereocenters. The van der Waals surface area contributed by atoms with Crippen LogP contribution in [0, 0.1) is 6.92 Å². The molecule has 0 saturated heterocycles. The van der Waals surface area contributed by atoms with E-state index in [2.05, 4.69) is 5.32 Å². The minimum Gasteiger partial charge on any atom is -0.357 e. The van der Waals surface area contributed by atoms with E-state index in [1.807, 2.05) is 37.3 Å². The van der Waals surface area contributed by atoms with Crippen LogP contribution < -0.4 is 9.62 Å². The maximum absolute atomic E-state index is 13.6. The van der Waals surface area contributed by atoms with Gasteiger partial charge in [-0.15, -0.1) is 0 Å². The fourth-order valence-corrected chi connectivity index (χ4v) is 5.15. The van der Waals surface area contributed by atoms with Gasteiger partial charge in [-0.25, -0.2) is 8.42 Å². The SMILES string of the molecule is CNC(=O)C(C)N(CCc1ccccc1)C(=O)CN(c1ccccc1)S(=O)(=O)c1ccc(C)cc1. The first-order valence-electron chi connectivity index (χ1n) is 11.4. The molecule has 35 heavy (non-hydrogen) atoms. The van der Waals surface area contributed by atoms with Crippen molar-refractivity contribution in [2.45, 2.75) is 31.2 Å². The van der Waals surface area contributed by atoms with Crippen LogP contribution in [0.5, 0.6) is 0 Å². The number of nitrogens with one attached hydrogen (secondary N) is 1. The average Bonchev–Trinajstić information content (AvgIpc) is 2.88. The molecular weight excluding hydrogens is 462 g/mol. The zero-order valence-electron chi connectivity index (χ0n) is 20.2. The summed E-state index contributed by atoms with van der Waals surface area (Å²) in [6, 6.07) is 23.9.